The summed E-state index contributed by atoms with van der Waals surface area (Å²) in [5, 5.41) is 4.05. The maximum absolute atomic E-state index is 4.69. The summed E-state index contributed by atoms with van der Waals surface area (Å²) >= 11 is 2.03. The van der Waals surface area contributed by atoms with Crippen LogP contribution in [0.25, 0.3) is 0 Å². The fraction of sp³-hybridized carbons (Fsp3) is 0.733. The molecule has 0 radical (unpaired) electrons. The van der Waals surface area contributed by atoms with E-state index < -0.39 is 0 Å². The Morgan fingerprint density at radius 3 is 2.53 bits per heavy atom. The van der Waals surface area contributed by atoms with Crippen molar-refractivity contribution in [1.82, 2.24) is 9.97 Å². The third-order valence-corrected chi connectivity index (χ3v) is 5.11. The Kier molecular flexibility index (Phi) is 5.08. The quantitative estimate of drug-likeness (QED) is 0.879. The Bertz CT molecular complexity index is 426. The van der Waals surface area contributed by atoms with Crippen molar-refractivity contribution in [2.24, 2.45) is 0 Å². The number of aromatic nitrogens is 2. The molecule has 106 valence electrons. The zero-order valence-electron chi connectivity index (χ0n) is 12.5. The van der Waals surface area contributed by atoms with Gasteiger partial charge in [-0.1, -0.05) is 26.7 Å². The molecule has 0 aromatic carbocycles. The molecule has 3 nitrogen and oxygen atoms in total. The van der Waals surface area contributed by atoms with E-state index >= 15 is 0 Å². The van der Waals surface area contributed by atoms with Crippen LogP contribution in [0.2, 0.25) is 0 Å². The van der Waals surface area contributed by atoms with Gasteiger partial charge in [-0.3, -0.25) is 0 Å². The topological polar surface area (TPSA) is 37.8 Å². The van der Waals surface area contributed by atoms with Crippen molar-refractivity contribution < 1.29 is 0 Å². The molecule has 0 atom stereocenters. The summed E-state index contributed by atoms with van der Waals surface area (Å²) in [7, 11) is 1.95. The summed E-state index contributed by atoms with van der Waals surface area (Å²) in [6.07, 6.45) is 5.52. The number of hydrogen-bond acceptors (Lipinski definition) is 4. The first-order valence-electron chi connectivity index (χ1n) is 7.28. The van der Waals surface area contributed by atoms with Crippen molar-refractivity contribution in [3.8, 4) is 0 Å². The molecule has 1 aliphatic carbocycles. The molecule has 1 aromatic rings. The van der Waals surface area contributed by atoms with E-state index in [-0.39, 0.29) is 0 Å². The molecule has 1 heterocycles. The van der Waals surface area contributed by atoms with Crippen molar-refractivity contribution >= 4 is 17.6 Å². The average Bonchev–Trinajstić information content (AvgIpc) is 2.88. The molecule has 2 rings (SSSR count). The first-order valence-corrected chi connectivity index (χ1v) is 8.33. The van der Waals surface area contributed by atoms with Crippen molar-refractivity contribution in [3.05, 3.63) is 17.1 Å². The van der Waals surface area contributed by atoms with E-state index in [1.165, 1.54) is 31.2 Å². The number of nitrogens with one attached hydrogen (secondary N) is 1. The minimum absolute atomic E-state index is 0.457. The van der Waals surface area contributed by atoms with E-state index in [0.717, 1.165) is 28.3 Å². The molecular formula is C15H25N3S. The minimum atomic E-state index is 0.457. The molecule has 0 aliphatic heterocycles. The number of aryl methyl sites for hydroxylation is 1. The van der Waals surface area contributed by atoms with E-state index in [0.29, 0.717) is 5.92 Å². The van der Waals surface area contributed by atoms with Gasteiger partial charge in [-0.05, 0) is 25.7 Å². The van der Waals surface area contributed by atoms with Gasteiger partial charge in [0, 0.05) is 23.6 Å². The van der Waals surface area contributed by atoms with Gasteiger partial charge in [0.05, 0.1) is 5.75 Å². The van der Waals surface area contributed by atoms with Crippen LogP contribution in [-0.2, 0) is 5.75 Å². The van der Waals surface area contributed by atoms with Gasteiger partial charge in [0.25, 0.3) is 0 Å². The Balaban J connectivity index is 2.10. The predicted molar refractivity (Wildman–Crippen MR) is 84.0 cm³/mol. The summed E-state index contributed by atoms with van der Waals surface area (Å²) < 4.78 is 0. The second-order valence-electron chi connectivity index (χ2n) is 5.61. The van der Waals surface area contributed by atoms with Gasteiger partial charge in [-0.15, -0.1) is 0 Å². The van der Waals surface area contributed by atoms with Gasteiger partial charge in [-0.25, -0.2) is 9.97 Å². The van der Waals surface area contributed by atoms with E-state index in [1.54, 1.807) is 0 Å². The normalized spacial score (nSPS) is 16.3. The number of thioether (sulfide) groups is 1. The molecule has 19 heavy (non-hydrogen) atoms. The molecule has 1 N–H and O–H groups in total. The lowest BCUT2D eigenvalue weighted by atomic mass is 10.0. The van der Waals surface area contributed by atoms with Crippen LogP contribution in [0.5, 0.6) is 0 Å². The highest BCUT2D eigenvalue weighted by atomic mass is 32.2. The summed E-state index contributed by atoms with van der Waals surface area (Å²) in [5.74, 6) is 3.38. The molecule has 1 saturated carbocycles. The zero-order chi connectivity index (χ0) is 13.8. The van der Waals surface area contributed by atoms with E-state index in [2.05, 4.69) is 26.1 Å². The molecule has 0 spiro atoms. The summed E-state index contributed by atoms with van der Waals surface area (Å²) in [5.41, 5.74) is 2.37. The lowest BCUT2D eigenvalue weighted by molar-refractivity contribution is 0.819. The predicted octanol–water partition coefficient (Wildman–Crippen LogP) is 4.13. The third-order valence-electron chi connectivity index (χ3n) is 3.75. The molecule has 0 unspecified atom stereocenters. The van der Waals surface area contributed by atoms with Crippen molar-refractivity contribution in [2.75, 3.05) is 12.4 Å². The van der Waals surface area contributed by atoms with Crippen LogP contribution in [0, 0.1) is 6.92 Å². The third kappa shape index (κ3) is 3.62. The van der Waals surface area contributed by atoms with Gasteiger partial charge < -0.3 is 5.32 Å². The van der Waals surface area contributed by atoms with Gasteiger partial charge >= 0.3 is 0 Å². The lowest BCUT2D eigenvalue weighted by Gasteiger charge is -2.16. The van der Waals surface area contributed by atoms with Crippen LogP contribution in [0.3, 0.4) is 0 Å². The summed E-state index contributed by atoms with van der Waals surface area (Å²) in [4.78, 5) is 9.38. The maximum Gasteiger partial charge on any atom is 0.140 e. The van der Waals surface area contributed by atoms with Crippen molar-refractivity contribution in [3.63, 3.8) is 0 Å². The molecule has 4 heteroatoms. The number of rotatable bonds is 5. The maximum atomic E-state index is 4.69. The van der Waals surface area contributed by atoms with E-state index in [4.69, 9.17) is 9.97 Å². The summed E-state index contributed by atoms with van der Waals surface area (Å²) in [6, 6.07) is 0. The molecule has 1 aliphatic rings. The van der Waals surface area contributed by atoms with Gasteiger partial charge in [0.1, 0.15) is 11.6 Å². The molecule has 1 aromatic heterocycles. The number of nitrogens with zero attached hydrogens (tertiary/aromatic N) is 2. The Morgan fingerprint density at radius 2 is 1.95 bits per heavy atom. The fourth-order valence-electron chi connectivity index (χ4n) is 2.83. The molecule has 0 amide bonds. The van der Waals surface area contributed by atoms with Crippen LogP contribution >= 0.6 is 11.8 Å². The van der Waals surface area contributed by atoms with Gasteiger partial charge in [0.15, 0.2) is 0 Å². The van der Waals surface area contributed by atoms with Crippen molar-refractivity contribution in [1.29, 1.82) is 0 Å². The molecule has 0 bridgehead atoms. The Labute approximate surface area is 121 Å². The first kappa shape index (κ1) is 14.6. The molecule has 0 saturated heterocycles. The first-order chi connectivity index (χ1) is 9.11. The minimum Gasteiger partial charge on any atom is -0.373 e. The summed E-state index contributed by atoms with van der Waals surface area (Å²) in [6.45, 7) is 6.49. The van der Waals surface area contributed by atoms with Crippen LogP contribution in [0.15, 0.2) is 0 Å². The van der Waals surface area contributed by atoms with E-state index in [1.807, 2.05) is 18.8 Å². The standard InChI is InChI=1S/C15H25N3S/c1-10(2)14-11(3)17-13(18-15(14)16-4)9-19-12-7-5-6-8-12/h10,12H,5-9H2,1-4H3,(H,16,17,18). The monoisotopic (exact) mass is 279 g/mol. The molecule has 1 fully saturated rings. The van der Waals surface area contributed by atoms with Gasteiger partial charge in [-0.2, -0.15) is 11.8 Å². The fourth-order valence-corrected chi connectivity index (χ4v) is 4.01. The highest BCUT2D eigenvalue weighted by Gasteiger charge is 2.17. The molecular weight excluding hydrogens is 254 g/mol. The van der Waals surface area contributed by atoms with Crippen LogP contribution in [0.1, 0.15) is 62.5 Å². The Hall–Kier alpha value is -0.770. The second kappa shape index (κ2) is 6.60. The highest BCUT2D eigenvalue weighted by Crippen LogP contribution is 2.32. The van der Waals surface area contributed by atoms with Crippen molar-refractivity contribution in [2.45, 2.75) is 63.4 Å². The largest absolute Gasteiger partial charge is 0.373 e. The average molecular weight is 279 g/mol. The second-order valence-corrected chi connectivity index (χ2v) is 6.90. The van der Waals surface area contributed by atoms with Crippen LogP contribution in [0.4, 0.5) is 5.82 Å². The highest BCUT2D eigenvalue weighted by molar-refractivity contribution is 7.99. The smallest absolute Gasteiger partial charge is 0.140 e. The Morgan fingerprint density at radius 1 is 1.26 bits per heavy atom. The zero-order valence-corrected chi connectivity index (χ0v) is 13.3. The van der Waals surface area contributed by atoms with Gasteiger partial charge in [0.2, 0.25) is 0 Å². The van der Waals surface area contributed by atoms with Crippen LogP contribution < -0.4 is 5.32 Å². The SMILES string of the molecule is CNc1nc(CSC2CCCC2)nc(C)c1C(C)C. The lowest BCUT2D eigenvalue weighted by Crippen LogP contribution is -2.09. The number of hydrogen-bond donors (Lipinski definition) is 1. The van der Waals surface area contributed by atoms with E-state index in [9.17, 15) is 0 Å². The van der Waals surface area contributed by atoms with Crippen LogP contribution in [-0.4, -0.2) is 22.3 Å². The number of anilines is 1.